The van der Waals surface area contributed by atoms with Crippen LogP contribution in [0.3, 0.4) is 0 Å². The molecule has 0 aliphatic rings. The quantitative estimate of drug-likeness (QED) is 0.0901. The standard InChI is InChI=1S/2C16H48Si8.2C6H15P.2CGeN.2Cu/c2*1-19(2,3)17(20(4,5)6)23(13,14)24(15,16)18(21(7,8)9)22(10,11)12;2*1-4-7(5-2)6-3;2*2-1-3;;/h2*1-16H3;2*4-6H2,1-3H3;;;;/q;;;;;;2*+1/p+2. The van der Waals surface area contributed by atoms with Gasteiger partial charge in [-0.2, -0.15) is 0 Å². The molecule has 0 aliphatic carbocycles. The normalized spacial score (nSPS) is 13.4. The predicted octanol–water partition coefficient (Wildman–Crippen LogP) is 16.4. The van der Waals surface area contributed by atoms with Gasteiger partial charge in [-0.3, -0.25) is 0 Å². The smallest absolute Gasteiger partial charge is 1.00 e. The van der Waals surface area contributed by atoms with E-state index in [1.165, 1.54) is 70.0 Å². The van der Waals surface area contributed by atoms with E-state index in [1.54, 1.807) is 9.80 Å². The third-order valence-corrected chi connectivity index (χ3v) is 321. The topological polar surface area (TPSA) is 47.6 Å². The molecule has 0 aliphatic heterocycles. The largest absolute Gasteiger partial charge is 1.00 e. The summed E-state index contributed by atoms with van der Waals surface area (Å²) in [6, 6.07) is 0. The van der Waals surface area contributed by atoms with E-state index in [1.807, 2.05) is 0 Å². The van der Waals surface area contributed by atoms with Crippen molar-refractivity contribution in [2.24, 2.45) is 0 Å². The fraction of sp³-hybridized carbons (Fsp3) is 0.957. The van der Waals surface area contributed by atoms with Crippen molar-refractivity contribution in [3.8, 4) is 9.80 Å². The summed E-state index contributed by atoms with van der Waals surface area (Å²) in [4.78, 5) is 3.50. The molecule has 24 heteroatoms. The van der Waals surface area contributed by atoms with Crippen LogP contribution in [0.4, 0.5) is 0 Å². The van der Waals surface area contributed by atoms with Gasteiger partial charge in [-0.05, 0) is 57.4 Å². The Morgan fingerprint density at radius 2 is 0.343 bits per heavy atom. The van der Waals surface area contributed by atoms with Crippen molar-refractivity contribution in [1.82, 2.24) is 0 Å². The average Bonchev–Trinajstić information content (AvgIpc) is 3.01. The van der Waals surface area contributed by atoms with E-state index >= 15 is 0 Å². The fourth-order valence-corrected chi connectivity index (χ4v) is 551. The second kappa shape index (κ2) is 37.5. The first-order valence-corrected chi connectivity index (χ1v) is 93.2. The molecule has 0 aromatic rings. The van der Waals surface area contributed by atoms with E-state index in [0.717, 1.165) is 0 Å². The zero-order chi connectivity index (χ0) is 57.1. The summed E-state index contributed by atoms with van der Waals surface area (Å²) in [5, 5.41) is 14.6. The van der Waals surface area contributed by atoms with E-state index in [-0.39, 0.29) is 79.4 Å². The third kappa shape index (κ3) is 33.4. The SMILES string of the molecule is CC[PH+](CC)CC.CC[PH+](CC)CC.C[Si](C)(C)[Si]([Si](C)(C)C)[Si](C)(C)[Si](C)(C)[Si]([Si](C)(C)C)[Si](C)(C)C.C[Si](C)(C)[Si]([Si](C)(C)C)[Si](C)(C)[Si](C)(C)[Si]([Si](C)(C)C)[Si](C)(C)C.N#[C][Ge].N#[C][Ge].[Cu+].[Cu+]. The molecule has 422 valence electrons. The molecule has 0 N–H and O–H groups in total. The molecule has 0 aromatic heterocycles. The molecular formula is C46H128Cu2Ge2N2P2Si16+4. The van der Waals surface area contributed by atoms with Crippen molar-refractivity contribution >= 4 is 167 Å². The molecule has 0 heterocycles. The minimum Gasteiger partial charge on any atom is 1.00 e. The Bertz CT molecular complexity index is 1180. The first-order valence-electron chi connectivity index (χ1n) is 26.8. The summed E-state index contributed by atoms with van der Waals surface area (Å²) in [6.45, 7) is 103. The summed E-state index contributed by atoms with van der Waals surface area (Å²) < 4.78 is 0. The van der Waals surface area contributed by atoms with Crippen LogP contribution in [0.1, 0.15) is 41.5 Å². The zero-order valence-electron chi connectivity index (χ0n) is 54.7. The third-order valence-electron chi connectivity index (χ3n) is 14.6. The van der Waals surface area contributed by atoms with E-state index in [0.29, 0.717) is 0 Å². The Kier molecular flexibility index (Phi) is 49.3. The Morgan fingerprint density at radius 1 is 0.271 bits per heavy atom. The first-order chi connectivity index (χ1) is 29.5. The van der Waals surface area contributed by atoms with E-state index in [9.17, 15) is 0 Å². The molecular weight excluding hydrogens is 1360 g/mol. The van der Waals surface area contributed by atoms with Gasteiger partial charge >= 0.3 is 87.5 Å². The number of rotatable bonds is 20. The maximum atomic E-state index is 7.32. The van der Waals surface area contributed by atoms with Crippen molar-refractivity contribution < 1.29 is 34.1 Å². The maximum Gasteiger partial charge on any atom is 1.00 e. The van der Waals surface area contributed by atoms with Crippen LogP contribution in [-0.4, -0.2) is 189 Å². The second-order valence-corrected chi connectivity index (χ2v) is 198. The number of hydrogen-bond acceptors (Lipinski definition) is 2. The van der Waals surface area contributed by atoms with Gasteiger partial charge in [-0.1, -0.05) is 210 Å². The molecule has 2 nitrogen and oxygen atoms in total. The fourth-order valence-electron chi connectivity index (χ4n) is 14.8. The minimum atomic E-state index is -1.13. The van der Waals surface area contributed by atoms with Gasteiger partial charge in [-0.15, -0.1) is 0 Å². The molecule has 0 atom stereocenters. The summed E-state index contributed by atoms with van der Waals surface area (Å²) in [5.41, 5.74) is 0. The van der Waals surface area contributed by atoms with Gasteiger partial charge in [0, 0.05) is 119 Å². The van der Waals surface area contributed by atoms with Crippen LogP contribution in [-0.2, 0) is 34.1 Å². The van der Waals surface area contributed by atoms with E-state index < -0.39 is 89.2 Å². The molecule has 0 saturated carbocycles. The summed E-state index contributed by atoms with van der Waals surface area (Å²) in [6.07, 6.45) is 8.74. The van der Waals surface area contributed by atoms with Gasteiger partial charge < -0.3 is 0 Å². The Morgan fingerprint density at radius 3 is 0.371 bits per heavy atom. The van der Waals surface area contributed by atoms with Crippen molar-refractivity contribution in [3.05, 3.63) is 0 Å². The van der Waals surface area contributed by atoms with Crippen LogP contribution in [0.2, 0.25) is 210 Å². The van der Waals surface area contributed by atoms with E-state index in [4.69, 9.17) is 10.5 Å². The van der Waals surface area contributed by atoms with Crippen LogP contribution in [0, 0.1) is 20.3 Å². The van der Waals surface area contributed by atoms with Crippen molar-refractivity contribution in [3.63, 3.8) is 0 Å². The summed E-state index contributed by atoms with van der Waals surface area (Å²) in [5.74, 6) is 0. The average molecular weight is 1490 g/mol. The van der Waals surface area contributed by atoms with Gasteiger partial charge in [0.25, 0.3) is 0 Å². The summed E-state index contributed by atoms with van der Waals surface area (Å²) >= 11 is 2.86. The van der Waals surface area contributed by atoms with Gasteiger partial charge in [0.15, 0.2) is 0 Å². The Hall–Kier alpha value is 5.43. The second-order valence-electron chi connectivity index (χ2n) is 29.8. The molecule has 0 bridgehead atoms. The number of nitriles is 2. The summed E-state index contributed by atoms with van der Waals surface area (Å²) in [7, 11) is -13.0. The zero-order valence-corrected chi connectivity index (χ0v) is 78.8. The Balaban J connectivity index is -0.000000129. The molecule has 0 spiro atoms. The van der Waals surface area contributed by atoms with Gasteiger partial charge in [-0.25, -0.2) is 0 Å². The first kappa shape index (κ1) is 91.9. The molecule has 0 unspecified atom stereocenters. The van der Waals surface area contributed by atoms with Crippen LogP contribution in [0.5, 0.6) is 0 Å². The van der Waals surface area contributed by atoms with Crippen LogP contribution in [0.15, 0.2) is 0 Å². The molecule has 0 fully saturated rings. The molecule has 0 amide bonds. The molecule has 10 radical (unpaired) electrons. The van der Waals surface area contributed by atoms with E-state index in [2.05, 4.69) is 251 Å². The van der Waals surface area contributed by atoms with Crippen molar-refractivity contribution in [1.29, 1.82) is 10.5 Å². The van der Waals surface area contributed by atoms with Crippen LogP contribution in [0.25, 0.3) is 0 Å². The van der Waals surface area contributed by atoms with Gasteiger partial charge in [0.05, 0.1) is 37.0 Å². The monoisotopic (exact) mass is 1490 g/mol. The predicted molar refractivity (Wildman–Crippen MR) is 382 cm³/mol. The Labute approximate surface area is 503 Å². The number of nitrogens with zero attached hydrogens (tertiary/aromatic N) is 2. The molecule has 0 rings (SSSR count). The van der Waals surface area contributed by atoms with Gasteiger partial charge in [0.2, 0.25) is 0 Å². The molecule has 70 heavy (non-hydrogen) atoms. The molecule has 0 saturated heterocycles. The van der Waals surface area contributed by atoms with Gasteiger partial charge in [0.1, 0.15) is 0 Å². The van der Waals surface area contributed by atoms with Crippen LogP contribution >= 0.6 is 15.8 Å². The number of hydrogen-bond donors (Lipinski definition) is 0. The maximum absolute atomic E-state index is 7.32. The van der Waals surface area contributed by atoms with Crippen molar-refractivity contribution in [2.45, 2.75) is 251 Å². The molecule has 0 aromatic carbocycles. The van der Waals surface area contributed by atoms with Crippen LogP contribution < -0.4 is 0 Å². The minimum absolute atomic E-state index is 0. The van der Waals surface area contributed by atoms with Crippen molar-refractivity contribution in [2.75, 3.05) is 37.0 Å².